The maximum Gasteiger partial charge on any atom is 0.313 e. The number of hydrogen-bond donors (Lipinski definition) is 1. The van der Waals surface area contributed by atoms with Gasteiger partial charge >= 0.3 is 5.97 Å². The van der Waals surface area contributed by atoms with Gasteiger partial charge in [0.25, 0.3) is 0 Å². The number of carboxylic acids is 1. The Labute approximate surface area is 197 Å². The summed E-state index contributed by atoms with van der Waals surface area (Å²) >= 11 is 7.43. The van der Waals surface area contributed by atoms with Gasteiger partial charge in [-0.2, -0.15) is 0 Å². The van der Waals surface area contributed by atoms with E-state index >= 15 is 0 Å². The van der Waals surface area contributed by atoms with Gasteiger partial charge in [0.15, 0.2) is 11.5 Å². The Balaban J connectivity index is 1.53. The van der Waals surface area contributed by atoms with Gasteiger partial charge in [0, 0.05) is 22.4 Å². The van der Waals surface area contributed by atoms with Crippen molar-refractivity contribution in [2.24, 2.45) is 0 Å². The highest BCUT2D eigenvalue weighted by atomic mass is 35.5. The van der Waals surface area contributed by atoms with Crippen molar-refractivity contribution in [1.29, 1.82) is 0 Å². The smallest absolute Gasteiger partial charge is 0.313 e. The molecule has 0 aliphatic carbocycles. The summed E-state index contributed by atoms with van der Waals surface area (Å²) in [4.78, 5) is 11.7. The number of thioether (sulfide) groups is 1. The molecule has 0 aromatic heterocycles. The van der Waals surface area contributed by atoms with Crippen LogP contribution in [0.5, 0.6) is 23.0 Å². The molecule has 0 saturated carbocycles. The molecule has 1 atom stereocenters. The van der Waals surface area contributed by atoms with Crippen molar-refractivity contribution in [1.82, 2.24) is 0 Å². The van der Waals surface area contributed by atoms with E-state index in [-0.39, 0.29) is 11.9 Å². The number of rotatable bonds is 11. The van der Waals surface area contributed by atoms with Crippen LogP contribution in [0.4, 0.5) is 0 Å². The minimum atomic E-state index is -0.832. The summed E-state index contributed by atoms with van der Waals surface area (Å²) in [6, 6.07) is 20.4. The SMILES string of the molecule is Cc1cc(O[C@H](C)CCOc2ccc(Cl)cc2Oc2ccccc2)ccc1SCC(=O)O. The van der Waals surface area contributed by atoms with Gasteiger partial charge in [0.1, 0.15) is 11.5 Å². The Kier molecular flexibility index (Phi) is 8.71. The van der Waals surface area contributed by atoms with Crippen molar-refractivity contribution in [2.45, 2.75) is 31.3 Å². The van der Waals surface area contributed by atoms with E-state index < -0.39 is 5.97 Å². The molecule has 0 heterocycles. The predicted molar refractivity (Wildman–Crippen MR) is 128 cm³/mol. The molecular weight excluding hydrogens is 448 g/mol. The number of benzene rings is 3. The molecule has 0 unspecified atom stereocenters. The molecule has 0 radical (unpaired) electrons. The second-order valence-corrected chi connectivity index (χ2v) is 8.64. The fourth-order valence-electron chi connectivity index (χ4n) is 2.92. The molecule has 0 bridgehead atoms. The lowest BCUT2D eigenvalue weighted by molar-refractivity contribution is -0.133. The maximum atomic E-state index is 10.8. The minimum Gasteiger partial charge on any atom is -0.491 e. The number of ether oxygens (including phenoxy) is 3. The first-order chi connectivity index (χ1) is 15.4. The predicted octanol–water partition coefficient (Wildman–Crippen LogP) is 6.85. The lowest BCUT2D eigenvalue weighted by atomic mass is 10.2. The number of aryl methyl sites for hydroxylation is 1. The fraction of sp³-hybridized carbons (Fsp3) is 0.240. The van der Waals surface area contributed by atoms with E-state index in [0.29, 0.717) is 35.3 Å². The van der Waals surface area contributed by atoms with Crippen LogP contribution < -0.4 is 14.2 Å². The molecule has 0 spiro atoms. The van der Waals surface area contributed by atoms with E-state index in [1.165, 1.54) is 11.8 Å². The van der Waals surface area contributed by atoms with Crippen LogP contribution in [0, 0.1) is 6.92 Å². The van der Waals surface area contributed by atoms with Gasteiger partial charge in [0.2, 0.25) is 0 Å². The van der Waals surface area contributed by atoms with Crippen LogP contribution in [-0.2, 0) is 4.79 Å². The number of aliphatic carboxylic acids is 1. The average Bonchev–Trinajstić information content (AvgIpc) is 2.75. The normalized spacial score (nSPS) is 11.6. The Morgan fingerprint density at radius 2 is 1.81 bits per heavy atom. The van der Waals surface area contributed by atoms with Gasteiger partial charge in [-0.05, 0) is 61.9 Å². The van der Waals surface area contributed by atoms with Gasteiger partial charge in [-0.1, -0.05) is 29.8 Å². The lowest BCUT2D eigenvalue weighted by Crippen LogP contribution is -2.16. The van der Waals surface area contributed by atoms with Gasteiger partial charge in [-0.25, -0.2) is 0 Å². The summed E-state index contributed by atoms with van der Waals surface area (Å²) in [7, 11) is 0. The molecule has 0 fully saturated rings. The van der Waals surface area contributed by atoms with E-state index in [0.717, 1.165) is 16.2 Å². The molecule has 168 valence electrons. The second kappa shape index (κ2) is 11.7. The van der Waals surface area contributed by atoms with E-state index in [9.17, 15) is 4.79 Å². The summed E-state index contributed by atoms with van der Waals surface area (Å²) in [6.45, 7) is 4.37. The number of halogens is 1. The molecule has 0 aliphatic heterocycles. The van der Waals surface area contributed by atoms with Crippen molar-refractivity contribution in [3.8, 4) is 23.0 Å². The summed E-state index contributed by atoms with van der Waals surface area (Å²) in [5.74, 6) is 1.82. The van der Waals surface area contributed by atoms with Crippen molar-refractivity contribution in [2.75, 3.05) is 12.4 Å². The molecular formula is C25H25ClO5S. The van der Waals surface area contributed by atoms with Gasteiger partial charge in [-0.3, -0.25) is 4.79 Å². The average molecular weight is 473 g/mol. The zero-order valence-electron chi connectivity index (χ0n) is 17.9. The molecule has 3 rings (SSSR count). The first kappa shape index (κ1) is 23.8. The number of hydrogen-bond acceptors (Lipinski definition) is 5. The number of carboxylic acid groups (broad SMARTS) is 1. The van der Waals surface area contributed by atoms with Crippen LogP contribution in [0.1, 0.15) is 18.9 Å². The molecule has 3 aromatic rings. The van der Waals surface area contributed by atoms with Crippen LogP contribution in [0.3, 0.4) is 0 Å². The molecule has 1 N–H and O–H groups in total. The van der Waals surface area contributed by atoms with Crippen LogP contribution in [-0.4, -0.2) is 29.5 Å². The molecule has 3 aromatic carbocycles. The van der Waals surface area contributed by atoms with Crippen LogP contribution in [0.2, 0.25) is 5.02 Å². The highest BCUT2D eigenvalue weighted by Gasteiger charge is 2.11. The zero-order chi connectivity index (χ0) is 22.9. The van der Waals surface area contributed by atoms with Gasteiger partial charge in [0.05, 0.1) is 18.5 Å². The first-order valence-electron chi connectivity index (χ1n) is 10.2. The maximum absolute atomic E-state index is 10.8. The van der Waals surface area contributed by atoms with E-state index in [4.69, 9.17) is 30.9 Å². The first-order valence-corrected chi connectivity index (χ1v) is 11.5. The lowest BCUT2D eigenvalue weighted by Gasteiger charge is -2.17. The molecule has 5 nitrogen and oxygen atoms in total. The quantitative estimate of drug-likeness (QED) is 0.308. The standard InChI is InChI=1S/C25H25ClO5S/c1-17-14-21(9-11-24(17)32-16-25(27)28)30-18(2)12-13-29-22-10-8-19(26)15-23(22)31-20-6-4-3-5-7-20/h3-11,14-15,18H,12-13,16H2,1-2H3,(H,27,28)/t18-/m1/s1. The molecule has 7 heteroatoms. The summed E-state index contributed by atoms with van der Waals surface area (Å²) in [5, 5.41) is 9.41. The molecule has 0 aliphatic rings. The third kappa shape index (κ3) is 7.39. The third-order valence-electron chi connectivity index (χ3n) is 4.49. The highest BCUT2D eigenvalue weighted by Crippen LogP contribution is 2.34. The van der Waals surface area contributed by atoms with E-state index in [1.54, 1.807) is 18.2 Å². The third-order valence-corrected chi connectivity index (χ3v) is 5.89. The number of para-hydroxylation sites is 1. The molecule has 0 saturated heterocycles. The van der Waals surface area contributed by atoms with Gasteiger partial charge < -0.3 is 19.3 Å². The summed E-state index contributed by atoms with van der Waals surface area (Å²) < 4.78 is 17.9. The summed E-state index contributed by atoms with van der Waals surface area (Å²) in [6.07, 6.45) is 0.597. The Morgan fingerprint density at radius 1 is 1.03 bits per heavy atom. The monoisotopic (exact) mass is 472 g/mol. The van der Waals surface area contributed by atoms with Gasteiger partial charge in [-0.15, -0.1) is 11.8 Å². The van der Waals surface area contributed by atoms with Crippen LogP contribution in [0.15, 0.2) is 71.6 Å². The molecule has 0 amide bonds. The van der Waals surface area contributed by atoms with E-state index in [2.05, 4.69) is 0 Å². The second-order valence-electron chi connectivity index (χ2n) is 7.18. The Hall–Kier alpha value is -2.83. The van der Waals surface area contributed by atoms with Crippen molar-refractivity contribution >= 4 is 29.3 Å². The fourth-order valence-corrected chi connectivity index (χ4v) is 3.81. The minimum absolute atomic E-state index is 0.0372. The zero-order valence-corrected chi connectivity index (χ0v) is 19.5. The van der Waals surface area contributed by atoms with Crippen LogP contribution in [0.25, 0.3) is 0 Å². The van der Waals surface area contributed by atoms with Crippen molar-refractivity contribution < 1.29 is 24.1 Å². The summed E-state index contributed by atoms with van der Waals surface area (Å²) in [5.41, 5.74) is 0.987. The van der Waals surface area contributed by atoms with Crippen molar-refractivity contribution in [3.63, 3.8) is 0 Å². The largest absolute Gasteiger partial charge is 0.491 e. The molecule has 32 heavy (non-hydrogen) atoms. The van der Waals surface area contributed by atoms with E-state index in [1.807, 2.05) is 62.4 Å². The van der Waals surface area contributed by atoms with Crippen LogP contribution >= 0.6 is 23.4 Å². The Bertz CT molecular complexity index is 1040. The Morgan fingerprint density at radius 3 is 2.53 bits per heavy atom. The van der Waals surface area contributed by atoms with Crippen molar-refractivity contribution in [3.05, 3.63) is 77.3 Å². The number of carbonyl (C=O) groups is 1. The topological polar surface area (TPSA) is 65.0 Å². The highest BCUT2D eigenvalue weighted by molar-refractivity contribution is 8.00.